The van der Waals surface area contributed by atoms with Crippen LogP contribution in [0.1, 0.15) is 81.6 Å². The number of nitrogens with zero attached hydrogens (tertiary/aromatic N) is 2. The van der Waals surface area contributed by atoms with E-state index in [4.69, 9.17) is 14.5 Å². The van der Waals surface area contributed by atoms with E-state index < -0.39 is 0 Å². The monoisotopic (exact) mass is 507 g/mol. The largest absolute Gasteiger partial charge is 0.493 e. The smallest absolute Gasteiger partial charge is 0.243 e. The first kappa shape index (κ1) is 25.6. The van der Waals surface area contributed by atoms with Crippen LogP contribution in [0.25, 0.3) is 11.0 Å². The van der Waals surface area contributed by atoms with Crippen molar-refractivity contribution in [2.45, 2.75) is 82.7 Å². The maximum Gasteiger partial charge on any atom is 0.243 e. The first-order valence-electron chi connectivity index (χ1n) is 13.7. The molecule has 1 atom stereocenters. The topological polar surface area (TPSA) is 65.4 Å². The van der Waals surface area contributed by atoms with Gasteiger partial charge in [0.05, 0.1) is 25.3 Å². The van der Waals surface area contributed by atoms with Crippen LogP contribution in [0.4, 0.5) is 4.39 Å². The molecule has 1 heterocycles. The summed E-state index contributed by atoms with van der Waals surface area (Å²) >= 11 is 0. The number of hydrogen-bond donors (Lipinski definition) is 1. The number of methoxy groups -OCH3 is 2. The Morgan fingerprint density at radius 1 is 0.973 bits per heavy atom. The highest BCUT2D eigenvalue weighted by atomic mass is 19.1. The van der Waals surface area contributed by atoms with Crippen LogP contribution in [0.5, 0.6) is 11.5 Å². The molecule has 6 nitrogen and oxygen atoms in total. The zero-order chi connectivity index (χ0) is 25.8. The molecule has 0 aliphatic heterocycles. The zero-order valence-electron chi connectivity index (χ0n) is 22.0. The second-order valence-electron chi connectivity index (χ2n) is 10.6. The molecule has 5 rings (SSSR count). The van der Waals surface area contributed by atoms with Crippen LogP contribution in [0, 0.1) is 11.7 Å². The van der Waals surface area contributed by atoms with Crippen molar-refractivity contribution < 1.29 is 18.7 Å². The second-order valence-corrected chi connectivity index (χ2v) is 10.6. The highest BCUT2D eigenvalue weighted by Gasteiger charge is 2.35. The summed E-state index contributed by atoms with van der Waals surface area (Å²) in [7, 11) is 3.24. The van der Waals surface area contributed by atoms with E-state index in [-0.39, 0.29) is 29.7 Å². The minimum absolute atomic E-state index is 0.0796. The van der Waals surface area contributed by atoms with E-state index in [9.17, 15) is 9.18 Å². The summed E-state index contributed by atoms with van der Waals surface area (Å²) < 4.78 is 27.3. The van der Waals surface area contributed by atoms with Gasteiger partial charge < -0.3 is 19.4 Å². The van der Waals surface area contributed by atoms with E-state index in [0.717, 1.165) is 68.3 Å². The maximum absolute atomic E-state index is 14.3. The standard InChI is InChI=1S/C30H38FN3O3/c1-36-26-16-13-20(17-27(26)37-2)18-28-33-24-19-22(31)14-15-25(24)34(28)29(21-9-5-3-6-10-21)30(35)32-23-11-7-4-8-12-23/h13-17,19,21,23,29H,3-12,18H2,1-2H3,(H,32,35). The quantitative estimate of drug-likeness (QED) is 0.386. The number of imidazole rings is 1. The van der Waals surface area contributed by atoms with Gasteiger partial charge in [0, 0.05) is 18.5 Å². The third-order valence-corrected chi connectivity index (χ3v) is 8.13. The van der Waals surface area contributed by atoms with Crippen molar-refractivity contribution in [2.75, 3.05) is 14.2 Å². The van der Waals surface area contributed by atoms with Crippen LogP contribution in [0.2, 0.25) is 0 Å². The summed E-state index contributed by atoms with van der Waals surface area (Å²) in [6, 6.07) is 10.4. The molecule has 0 spiro atoms. The van der Waals surface area contributed by atoms with Crippen LogP contribution < -0.4 is 14.8 Å². The van der Waals surface area contributed by atoms with E-state index in [2.05, 4.69) is 9.88 Å². The predicted octanol–water partition coefficient (Wildman–Crippen LogP) is 6.35. The van der Waals surface area contributed by atoms with E-state index in [1.165, 1.54) is 25.0 Å². The molecule has 2 saturated carbocycles. The minimum Gasteiger partial charge on any atom is -0.493 e. The molecular weight excluding hydrogens is 469 g/mol. The molecule has 198 valence electrons. The summed E-state index contributed by atoms with van der Waals surface area (Å²) in [6.45, 7) is 0. The number of fused-ring (bicyclic) bond motifs is 1. The summed E-state index contributed by atoms with van der Waals surface area (Å²) in [5, 5.41) is 3.41. The molecule has 1 N–H and O–H groups in total. The Morgan fingerprint density at radius 3 is 2.38 bits per heavy atom. The van der Waals surface area contributed by atoms with Gasteiger partial charge in [-0.05, 0) is 61.4 Å². The van der Waals surface area contributed by atoms with Crippen LogP contribution in [-0.4, -0.2) is 35.7 Å². The Morgan fingerprint density at radius 2 is 1.68 bits per heavy atom. The molecule has 1 unspecified atom stereocenters. The number of carbonyl (C=O) groups is 1. The molecule has 7 heteroatoms. The molecular formula is C30H38FN3O3. The third-order valence-electron chi connectivity index (χ3n) is 8.13. The Labute approximate surface area is 218 Å². The Kier molecular flexibility index (Phi) is 7.96. The molecule has 37 heavy (non-hydrogen) atoms. The summed E-state index contributed by atoms with van der Waals surface area (Å²) in [4.78, 5) is 18.9. The first-order chi connectivity index (χ1) is 18.1. The van der Waals surface area contributed by atoms with E-state index in [1.54, 1.807) is 20.3 Å². The lowest BCUT2D eigenvalue weighted by Gasteiger charge is -2.33. The lowest BCUT2D eigenvalue weighted by atomic mass is 9.82. The van der Waals surface area contributed by atoms with Gasteiger partial charge in [-0.15, -0.1) is 0 Å². The molecule has 2 fully saturated rings. The summed E-state index contributed by atoms with van der Waals surface area (Å²) in [6.07, 6.45) is 11.6. The van der Waals surface area contributed by atoms with Gasteiger partial charge in [0.25, 0.3) is 0 Å². The van der Waals surface area contributed by atoms with Crippen molar-refractivity contribution in [1.29, 1.82) is 0 Å². The second kappa shape index (κ2) is 11.5. The number of rotatable bonds is 8. The number of amides is 1. The molecule has 1 amide bonds. The van der Waals surface area contributed by atoms with Crippen LogP contribution in [0.3, 0.4) is 0 Å². The lowest BCUT2D eigenvalue weighted by molar-refractivity contribution is -0.127. The maximum atomic E-state index is 14.3. The van der Waals surface area contributed by atoms with Crippen molar-refractivity contribution in [3.05, 3.63) is 53.6 Å². The van der Waals surface area contributed by atoms with Crippen LogP contribution in [-0.2, 0) is 11.2 Å². The first-order valence-corrected chi connectivity index (χ1v) is 13.7. The summed E-state index contributed by atoms with van der Waals surface area (Å²) in [5.74, 6) is 2.05. The number of carbonyl (C=O) groups excluding carboxylic acids is 1. The Bertz CT molecular complexity index is 1230. The predicted molar refractivity (Wildman–Crippen MR) is 143 cm³/mol. The van der Waals surface area contributed by atoms with Crippen molar-refractivity contribution in [3.63, 3.8) is 0 Å². The fourth-order valence-corrected chi connectivity index (χ4v) is 6.26. The van der Waals surface area contributed by atoms with Crippen LogP contribution >= 0.6 is 0 Å². The van der Waals surface area contributed by atoms with Gasteiger partial charge in [-0.1, -0.05) is 44.6 Å². The summed E-state index contributed by atoms with van der Waals surface area (Å²) in [5.41, 5.74) is 2.39. The van der Waals surface area contributed by atoms with Gasteiger partial charge in [-0.2, -0.15) is 0 Å². The molecule has 1 aromatic heterocycles. The van der Waals surface area contributed by atoms with Gasteiger partial charge in [0.15, 0.2) is 11.5 Å². The number of halogens is 1. The lowest BCUT2D eigenvalue weighted by Crippen LogP contribution is -2.43. The van der Waals surface area contributed by atoms with E-state index in [1.807, 2.05) is 18.2 Å². The third kappa shape index (κ3) is 5.60. The Balaban J connectivity index is 1.57. The molecule has 0 saturated heterocycles. The van der Waals surface area contributed by atoms with Crippen molar-refractivity contribution >= 4 is 16.9 Å². The molecule has 3 aromatic rings. The fraction of sp³-hybridized carbons (Fsp3) is 0.533. The average Bonchev–Trinajstić information content (AvgIpc) is 3.26. The molecule has 2 aliphatic carbocycles. The number of ether oxygens (including phenoxy) is 2. The number of aromatic nitrogens is 2. The highest BCUT2D eigenvalue weighted by molar-refractivity contribution is 5.85. The molecule has 0 bridgehead atoms. The highest BCUT2D eigenvalue weighted by Crippen LogP contribution is 2.37. The van der Waals surface area contributed by atoms with Gasteiger partial charge >= 0.3 is 0 Å². The van der Waals surface area contributed by atoms with Crippen LogP contribution in [0.15, 0.2) is 36.4 Å². The molecule has 2 aromatic carbocycles. The number of benzene rings is 2. The Hall–Kier alpha value is -3.09. The van der Waals surface area contributed by atoms with Crippen molar-refractivity contribution in [3.8, 4) is 11.5 Å². The minimum atomic E-state index is -0.368. The fourth-order valence-electron chi connectivity index (χ4n) is 6.26. The van der Waals surface area contributed by atoms with Gasteiger partial charge in [0.1, 0.15) is 17.7 Å². The molecule has 0 radical (unpaired) electrons. The normalized spacial score (nSPS) is 18.0. The number of hydrogen-bond acceptors (Lipinski definition) is 4. The van der Waals surface area contributed by atoms with E-state index in [0.29, 0.717) is 23.4 Å². The van der Waals surface area contributed by atoms with Gasteiger partial charge in [0.2, 0.25) is 5.91 Å². The molecule has 2 aliphatic rings. The number of nitrogens with one attached hydrogen (secondary N) is 1. The zero-order valence-corrected chi connectivity index (χ0v) is 22.0. The van der Waals surface area contributed by atoms with Gasteiger partial charge in [-0.25, -0.2) is 9.37 Å². The van der Waals surface area contributed by atoms with Gasteiger partial charge in [-0.3, -0.25) is 4.79 Å². The van der Waals surface area contributed by atoms with Crippen molar-refractivity contribution in [2.24, 2.45) is 5.92 Å². The SMILES string of the molecule is COc1ccc(Cc2nc3cc(F)ccc3n2C(C(=O)NC2CCCCC2)C2CCCCC2)cc1OC. The van der Waals surface area contributed by atoms with Crippen molar-refractivity contribution in [1.82, 2.24) is 14.9 Å². The van der Waals surface area contributed by atoms with E-state index >= 15 is 0 Å². The average molecular weight is 508 g/mol.